The van der Waals surface area contributed by atoms with Crippen molar-refractivity contribution in [2.24, 2.45) is 4.99 Å². The molecular weight excluding hydrogens is 284 g/mol. The molecule has 0 unspecified atom stereocenters. The molecule has 0 aliphatic heterocycles. The number of nitrogens with zero attached hydrogens (tertiary/aromatic N) is 2. The molecule has 0 fully saturated rings. The Labute approximate surface area is 129 Å². The van der Waals surface area contributed by atoms with Gasteiger partial charge in [-0.15, -0.1) is 11.3 Å². The molecule has 0 amide bonds. The Morgan fingerprint density at radius 2 is 2.29 bits per heavy atom. The summed E-state index contributed by atoms with van der Waals surface area (Å²) in [7, 11) is 0. The number of aryl methyl sites for hydroxylation is 1. The molecule has 0 bridgehead atoms. The van der Waals surface area contributed by atoms with Gasteiger partial charge in [0.25, 0.3) is 0 Å². The van der Waals surface area contributed by atoms with Crippen LogP contribution in [-0.4, -0.2) is 30.6 Å². The minimum absolute atomic E-state index is 0.707. The van der Waals surface area contributed by atoms with Crippen molar-refractivity contribution >= 4 is 17.3 Å². The van der Waals surface area contributed by atoms with Crippen LogP contribution in [0.1, 0.15) is 23.4 Å². The first kappa shape index (κ1) is 15.6. The molecule has 21 heavy (non-hydrogen) atoms. The van der Waals surface area contributed by atoms with Crippen molar-refractivity contribution in [3.05, 3.63) is 40.2 Å². The highest BCUT2D eigenvalue weighted by Gasteiger charge is 2.01. The Balaban J connectivity index is 1.75. The van der Waals surface area contributed by atoms with Gasteiger partial charge in [0.05, 0.1) is 17.0 Å². The van der Waals surface area contributed by atoms with Crippen LogP contribution in [0.5, 0.6) is 0 Å². The quantitative estimate of drug-likeness (QED) is 0.609. The molecular formula is C15H22N4OS. The summed E-state index contributed by atoms with van der Waals surface area (Å²) in [6.07, 6.45) is 3.42. The number of hydrogen-bond donors (Lipinski definition) is 2. The van der Waals surface area contributed by atoms with Gasteiger partial charge >= 0.3 is 0 Å². The third kappa shape index (κ3) is 5.59. The number of thiazole rings is 1. The fraction of sp³-hybridized carbons (Fsp3) is 0.467. The fourth-order valence-corrected chi connectivity index (χ4v) is 2.55. The first-order valence-corrected chi connectivity index (χ1v) is 8.11. The molecule has 2 N–H and O–H groups in total. The lowest BCUT2D eigenvalue weighted by molar-refractivity contribution is 0.510. The van der Waals surface area contributed by atoms with E-state index >= 15 is 0 Å². The Morgan fingerprint density at radius 3 is 2.95 bits per heavy atom. The number of nitrogens with one attached hydrogen (secondary N) is 2. The van der Waals surface area contributed by atoms with E-state index in [1.165, 1.54) is 0 Å². The van der Waals surface area contributed by atoms with Gasteiger partial charge in [0.15, 0.2) is 5.96 Å². The number of rotatable bonds is 7. The van der Waals surface area contributed by atoms with Gasteiger partial charge in [0, 0.05) is 37.9 Å². The van der Waals surface area contributed by atoms with Crippen LogP contribution in [0.4, 0.5) is 0 Å². The summed E-state index contributed by atoms with van der Waals surface area (Å²) in [5.41, 5.74) is 1.14. The van der Waals surface area contributed by atoms with Crippen molar-refractivity contribution in [2.75, 3.05) is 19.6 Å². The molecule has 6 heteroatoms. The minimum atomic E-state index is 0.707. The average molecular weight is 306 g/mol. The summed E-state index contributed by atoms with van der Waals surface area (Å²) in [6, 6.07) is 3.87. The lowest BCUT2D eigenvalue weighted by Gasteiger charge is -2.10. The molecule has 0 saturated heterocycles. The van der Waals surface area contributed by atoms with Crippen molar-refractivity contribution in [3.8, 4) is 0 Å². The number of guanidine groups is 1. The van der Waals surface area contributed by atoms with Crippen LogP contribution >= 0.6 is 11.3 Å². The molecule has 0 spiro atoms. The molecule has 0 aliphatic rings. The summed E-state index contributed by atoms with van der Waals surface area (Å²) >= 11 is 1.69. The minimum Gasteiger partial charge on any atom is -0.469 e. The maximum absolute atomic E-state index is 5.30. The number of aromatic nitrogens is 1. The number of furan rings is 1. The first-order valence-electron chi connectivity index (χ1n) is 7.23. The summed E-state index contributed by atoms with van der Waals surface area (Å²) in [6.45, 7) is 6.48. The van der Waals surface area contributed by atoms with E-state index in [1.54, 1.807) is 17.6 Å². The fourth-order valence-electron chi connectivity index (χ4n) is 1.91. The van der Waals surface area contributed by atoms with Crippen molar-refractivity contribution in [1.29, 1.82) is 0 Å². The zero-order valence-corrected chi connectivity index (χ0v) is 13.4. The highest BCUT2D eigenvalue weighted by atomic mass is 32.1. The van der Waals surface area contributed by atoms with Gasteiger partial charge in [-0.2, -0.15) is 0 Å². The van der Waals surface area contributed by atoms with Crippen molar-refractivity contribution < 1.29 is 4.42 Å². The second-order valence-corrected chi connectivity index (χ2v) is 5.69. The van der Waals surface area contributed by atoms with Gasteiger partial charge in [-0.25, -0.2) is 4.98 Å². The third-order valence-corrected chi connectivity index (χ3v) is 3.71. The van der Waals surface area contributed by atoms with Crippen LogP contribution < -0.4 is 10.6 Å². The zero-order chi connectivity index (χ0) is 14.9. The Kier molecular flexibility index (Phi) is 6.27. The van der Waals surface area contributed by atoms with Crippen LogP contribution in [0, 0.1) is 6.92 Å². The molecule has 0 aromatic carbocycles. The summed E-state index contributed by atoms with van der Waals surface area (Å²) in [4.78, 5) is 9.00. The van der Waals surface area contributed by atoms with Crippen LogP contribution in [0.2, 0.25) is 0 Å². The maximum atomic E-state index is 5.30. The SMILES string of the molecule is CCNC(=NCCc1ccco1)NCCc1csc(C)n1. The van der Waals surface area contributed by atoms with E-state index in [2.05, 4.69) is 32.9 Å². The standard InChI is InChI=1S/C15H22N4OS/c1-3-16-15(18-9-7-14-5-4-10-20-14)17-8-6-13-11-21-12(2)19-13/h4-5,10-11H,3,6-9H2,1-2H3,(H2,16,17,18). The molecule has 0 saturated carbocycles. The van der Waals surface area contributed by atoms with E-state index in [9.17, 15) is 0 Å². The van der Waals surface area contributed by atoms with Crippen LogP contribution in [0.25, 0.3) is 0 Å². The van der Waals surface area contributed by atoms with Crippen molar-refractivity contribution in [3.63, 3.8) is 0 Å². The molecule has 5 nitrogen and oxygen atoms in total. The smallest absolute Gasteiger partial charge is 0.191 e. The van der Waals surface area contributed by atoms with E-state index in [0.29, 0.717) is 6.54 Å². The monoisotopic (exact) mass is 306 g/mol. The van der Waals surface area contributed by atoms with Crippen LogP contribution in [0.3, 0.4) is 0 Å². The Hall–Kier alpha value is -1.82. The summed E-state index contributed by atoms with van der Waals surface area (Å²) in [5, 5.41) is 9.80. The predicted octanol–water partition coefficient (Wildman–Crippen LogP) is 2.38. The highest BCUT2D eigenvalue weighted by Crippen LogP contribution is 2.07. The Morgan fingerprint density at radius 1 is 1.38 bits per heavy atom. The van der Waals surface area contributed by atoms with Gasteiger partial charge in [-0.3, -0.25) is 4.99 Å². The molecule has 2 aromatic heterocycles. The molecule has 0 aliphatic carbocycles. The molecule has 114 valence electrons. The summed E-state index contributed by atoms with van der Waals surface area (Å²) < 4.78 is 5.30. The van der Waals surface area contributed by atoms with Gasteiger partial charge in [0.1, 0.15) is 5.76 Å². The van der Waals surface area contributed by atoms with Crippen LogP contribution in [0.15, 0.2) is 33.2 Å². The van der Waals surface area contributed by atoms with E-state index in [0.717, 1.165) is 48.4 Å². The molecule has 2 heterocycles. The second kappa shape index (κ2) is 8.46. The zero-order valence-electron chi connectivity index (χ0n) is 12.6. The number of hydrogen-bond acceptors (Lipinski definition) is 4. The van der Waals surface area contributed by atoms with Crippen molar-refractivity contribution in [1.82, 2.24) is 15.6 Å². The number of aliphatic imine (C=N–C) groups is 1. The Bertz CT molecular complexity index is 548. The maximum Gasteiger partial charge on any atom is 0.191 e. The van der Waals surface area contributed by atoms with Gasteiger partial charge in [-0.05, 0) is 26.0 Å². The normalized spacial score (nSPS) is 11.6. The topological polar surface area (TPSA) is 62.5 Å². The van der Waals surface area contributed by atoms with Gasteiger partial charge in [0.2, 0.25) is 0 Å². The van der Waals surface area contributed by atoms with Gasteiger partial charge < -0.3 is 15.1 Å². The van der Waals surface area contributed by atoms with Crippen molar-refractivity contribution in [2.45, 2.75) is 26.7 Å². The van der Waals surface area contributed by atoms with Gasteiger partial charge in [-0.1, -0.05) is 0 Å². The largest absolute Gasteiger partial charge is 0.469 e. The van der Waals surface area contributed by atoms with E-state index in [-0.39, 0.29) is 0 Å². The molecule has 0 radical (unpaired) electrons. The van der Waals surface area contributed by atoms with E-state index in [4.69, 9.17) is 4.42 Å². The average Bonchev–Trinajstić information content (AvgIpc) is 3.11. The molecule has 2 rings (SSSR count). The molecule has 2 aromatic rings. The van der Waals surface area contributed by atoms with E-state index in [1.807, 2.05) is 19.1 Å². The lowest BCUT2D eigenvalue weighted by atomic mass is 10.3. The second-order valence-electron chi connectivity index (χ2n) is 4.62. The predicted molar refractivity (Wildman–Crippen MR) is 86.9 cm³/mol. The third-order valence-electron chi connectivity index (χ3n) is 2.89. The first-order chi connectivity index (χ1) is 10.3. The summed E-state index contributed by atoms with van der Waals surface area (Å²) in [5.74, 6) is 1.81. The highest BCUT2D eigenvalue weighted by molar-refractivity contribution is 7.09. The molecule has 0 atom stereocenters. The lowest BCUT2D eigenvalue weighted by Crippen LogP contribution is -2.38. The van der Waals surface area contributed by atoms with E-state index < -0.39 is 0 Å². The van der Waals surface area contributed by atoms with Crippen LogP contribution in [-0.2, 0) is 12.8 Å².